The summed E-state index contributed by atoms with van der Waals surface area (Å²) in [5.41, 5.74) is 0. The van der Waals surface area contributed by atoms with Gasteiger partial charge in [0.15, 0.2) is 0 Å². The zero-order chi connectivity index (χ0) is 8.08. The van der Waals surface area contributed by atoms with Crippen LogP contribution in [0.2, 0.25) is 0 Å². The first-order valence-corrected chi connectivity index (χ1v) is 6.91. The predicted molar refractivity (Wildman–Crippen MR) is 38.7 cm³/mol. The van der Waals surface area contributed by atoms with Gasteiger partial charge in [0.05, 0.1) is 0 Å². The van der Waals surface area contributed by atoms with E-state index < -0.39 is 13.8 Å². The van der Waals surface area contributed by atoms with E-state index in [9.17, 15) is 4.57 Å². The van der Waals surface area contributed by atoms with Crippen molar-refractivity contribution in [2.75, 3.05) is 0 Å². The average Bonchev–Trinajstić information content (AvgIpc) is 1.19. The fraction of sp³-hybridized carbons (Fsp3) is 0. The van der Waals surface area contributed by atoms with Crippen LogP contribution in [0.4, 0.5) is 0 Å². The Morgan fingerprint density at radius 1 is 1.11 bits per heavy atom. The second-order valence-corrected chi connectivity index (χ2v) is 7.84. The molecule has 0 heterocycles. The fourth-order valence-electron chi connectivity index (χ4n) is 0. The maximum Gasteiger partial charge on any atom is 0.339 e. The van der Waals surface area contributed by atoms with Crippen molar-refractivity contribution in [3.05, 3.63) is 0 Å². The largest absolute Gasteiger partial charge is 0.339 e. The summed E-state index contributed by atoms with van der Waals surface area (Å²) in [6.45, 7) is 0. The number of hydrogen-bond donors (Lipinski definition) is 3. The summed E-state index contributed by atoms with van der Waals surface area (Å²) in [7, 11) is -2.62. The van der Waals surface area contributed by atoms with Crippen LogP contribution in [0.15, 0.2) is 0 Å². The summed E-state index contributed by atoms with van der Waals surface area (Å²) in [6, 6.07) is 0. The van der Waals surface area contributed by atoms with Gasteiger partial charge >= 0.3 is 13.8 Å². The highest BCUT2D eigenvalue weighted by Gasteiger charge is 2.02. The number of halogens is 3. The molecule has 0 unspecified atom stereocenters. The highest BCUT2D eigenvalue weighted by Crippen LogP contribution is 2.61. The van der Waals surface area contributed by atoms with Crippen molar-refractivity contribution in [1.82, 2.24) is 0 Å². The SMILES string of the molecule is O=P(Cl)(Cl)Cl.OP(O)O. The molecule has 0 aromatic carbocycles. The quantitative estimate of drug-likeness (QED) is 0.561. The molecule has 0 aromatic heterocycles. The Balaban J connectivity index is 0. The third-order valence-electron chi connectivity index (χ3n) is 0. The summed E-state index contributed by atoms with van der Waals surface area (Å²) in [6.07, 6.45) is 0. The molecule has 0 radical (unpaired) electrons. The Labute approximate surface area is 67.1 Å². The summed E-state index contributed by atoms with van der Waals surface area (Å²) < 4.78 is 9.51. The molecule has 9 heteroatoms. The van der Waals surface area contributed by atoms with Crippen molar-refractivity contribution >= 4 is 47.5 Å². The molecule has 4 nitrogen and oxygen atoms in total. The molecule has 0 saturated heterocycles. The fourth-order valence-corrected chi connectivity index (χ4v) is 0. The molecule has 3 N–H and O–H groups in total. The first-order valence-electron chi connectivity index (χ1n) is 1.29. The molecule has 0 amide bonds. The second-order valence-electron chi connectivity index (χ2n) is 0.667. The standard InChI is InChI=1S/Cl3OP.H3O3P/c1-5(2,3)4;1-4(2)3/h;1-3H. The first kappa shape index (κ1) is 13.0. The van der Waals surface area contributed by atoms with Gasteiger partial charge in [0.25, 0.3) is 0 Å². The van der Waals surface area contributed by atoms with E-state index >= 15 is 0 Å². The number of rotatable bonds is 0. The molecular weight excluding hydrogens is 232 g/mol. The van der Waals surface area contributed by atoms with E-state index in [1.807, 2.05) is 0 Å². The average molecular weight is 235 g/mol. The van der Waals surface area contributed by atoms with Crippen molar-refractivity contribution in [2.45, 2.75) is 0 Å². The van der Waals surface area contributed by atoms with Gasteiger partial charge < -0.3 is 14.7 Å². The van der Waals surface area contributed by atoms with Gasteiger partial charge in [-0.1, -0.05) is 0 Å². The highest BCUT2D eigenvalue weighted by atomic mass is 36.0. The van der Waals surface area contributed by atoms with Crippen LogP contribution in [-0.2, 0) is 4.57 Å². The van der Waals surface area contributed by atoms with Crippen LogP contribution in [0.3, 0.4) is 0 Å². The van der Waals surface area contributed by atoms with E-state index in [1.54, 1.807) is 0 Å². The van der Waals surface area contributed by atoms with Crippen LogP contribution in [0.25, 0.3) is 0 Å². The summed E-state index contributed by atoms with van der Waals surface area (Å²) in [5.74, 6) is 0. The lowest BCUT2D eigenvalue weighted by Crippen LogP contribution is -1.54. The van der Waals surface area contributed by atoms with Gasteiger partial charge in [-0.2, -0.15) is 0 Å². The van der Waals surface area contributed by atoms with Crippen molar-refractivity contribution < 1.29 is 19.2 Å². The zero-order valence-corrected chi connectivity index (χ0v) is 7.83. The lowest BCUT2D eigenvalue weighted by Gasteiger charge is -1.76. The van der Waals surface area contributed by atoms with Crippen LogP contribution in [-0.4, -0.2) is 14.7 Å². The van der Waals surface area contributed by atoms with Gasteiger partial charge in [-0.15, -0.1) is 0 Å². The maximum absolute atomic E-state index is 9.51. The van der Waals surface area contributed by atoms with E-state index in [1.165, 1.54) is 0 Å². The molecular formula is H3Cl3O4P2. The van der Waals surface area contributed by atoms with Crippen LogP contribution in [0.1, 0.15) is 0 Å². The van der Waals surface area contributed by atoms with Crippen LogP contribution >= 0.6 is 47.5 Å². The van der Waals surface area contributed by atoms with Crippen molar-refractivity contribution in [3.8, 4) is 0 Å². The van der Waals surface area contributed by atoms with Crippen molar-refractivity contribution in [3.63, 3.8) is 0 Å². The molecule has 0 fully saturated rings. The molecule has 0 aliphatic heterocycles. The van der Waals surface area contributed by atoms with Gasteiger partial charge in [0.1, 0.15) is 0 Å². The second kappa shape index (κ2) is 6.14. The third kappa shape index (κ3) is 260. The molecule has 0 spiro atoms. The van der Waals surface area contributed by atoms with E-state index in [4.69, 9.17) is 14.7 Å². The first-order chi connectivity index (χ1) is 3.73. The Hall–Kier alpha value is 1.41. The Bertz CT molecular complexity index is 85.0. The molecule has 0 rings (SSSR count). The molecule has 0 saturated carbocycles. The summed E-state index contributed by atoms with van der Waals surface area (Å²) in [5, 5.41) is -3.22. The van der Waals surface area contributed by atoms with E-state index in [-0.39, 0.29) is 0 Å². The van der Waals surface area contributed by atoms with Gasteiger partial charge in [0.2, 0.25) is 0 Å². The minimum Gasteiger partial charge on any atom is -0.328 e. The van der Waals surface area contributed by atoms with E-state index in [0.29, 0.717) is 0 Å². The smallest absolute Gasteiger partial charge is 0.328 e. The van der Waals surface area contributed by atoms with Crippen LogP contribution in [0.5, 0.6) is 0 Å². The molecule has 0 aromatic rings. The van der Waals surface area contributed by atoms with Crippen molar-refractivity contribution in [2.24, 2.45) is 0 Å². The summed E-state index contributed by atoms with van der Waals surface area (Å²) >= 11 is 13.8. The lowest BCUT2D eigenvalue weighted by atomic mass is 15.8. The third-order valence-corrected chi connectivity index (χ3v) is 0. The van der Waals surface area contributed by atoms with Crippen LogP contribution in [0, 0.1) is 0 Å². The molecule has 0 aliphatic rings. The predicted octanol–water partition coefficient (Wildman–Crippen LogP) is 2.00. The maximum atomic E-state index is 9.51. The minimum absolute atomic E-state index is 2.62. The molecule has 0 bridgehead atoms. The summed E-state index contributed by atoms with van der Waals surface area (Å²) in [4.78, 5) is 21.7. The van der Waals surface area contributed by atoms with Gasteiger partial charge in [-0.05, 0) is 33.7 Å². The van der Waals surface area contributed by atoms with Crippen molar-refractivity contribution in [1.29, 1.82) is 0 Å². The molecule has 0 aliphatic carbocycles. The van der Waals surface area contributed by atoms with Gasteiger partial charge in [-0.3, -0.25) is 4.57 Å². The van der Waals surface area contributed by atoms with Gasteiger partial charge in [0, 0.05) is 0 Å². The van der Waals surface area contributed by atoms with E-state index in [2.05, 4.69) is 33.7 Å². The minimum atomic E-state index is -3.22. The Kier molecular flexibility index (Phi) is 8.89. The number of hydrogen-bond acceptors (Lipinski definition) is 4. The topological polar surface area (TPSA) is 77.8 Å². The molecule has 0 atom stereocenters. The molecule has 9 heavy (non-hydrogen) atoms. The van der Waals surface area contributed by atoms with Gasteiger partial charge in [-0.25, -0.2) is 0 Å². The molecule has 58 valence electrons. The Morgan fingerprint density at radius 3 is 1.11 bits per heavy atom. The van der Waals surface area contributed by atoms with E-state index in [0.717, 1.165) is 0 Å². The lowest BCUT2D eigenvalue weighted by molar-refractivity contribution is 0.368. The Morgan fingerprint density at radius 2 is 1.11 bits per heavy atom. The normalized spacial score (nSPS) is 10.6. The van der Waals surface area contributed by atoms with Crippen LogP contribution < -0.4 is 0 Å². The monoisotopic (exact) mass is 234 g/mol. The highest BCUT2D eigenvalue weighted by molar-refractivity contribution is 8.24. The zero-order valence-electron chi connectivity index (χ0n) is 3.78.